The first-order chi connectivity index (χ1) is 9.01. The summed E-state index contributed by atoms with van der Waals surface area (Å²) in [6.07, 6.45) is 0. The molecule has 1 aromatic heterocycles. The molecule has 0 fully saturated rings. The molecular formula is C11H9BrFN3O3. The summed E-state index contributed by atoms with van der Waals surface area (Å²) in [5.74, 6) is -0.676. The number of aromatic nitrogens is 2. The van der Waals surface area contributed by atoms with Gasteiger partial charge in [0.05, 0.1) is 29.8 Å². The molecule has 100 valence electrons. The maximum absolute atomic E-state index is 13.7. The van der Waals surface area contributed by atoms with Gasteiger partial charge in [-0.2, -0.15) is 5.10 Å². The minimum absolute atomic E-state index is 0.0886. The number of hydrogen-bond acceptors (Lipinski definition) is 4. The predicted octanol–water partition coefficient (Wildman–Crippen LogP) is 2.23. The van der Waals surface area contributed by atoms with Crippen LogP contribution in [-0.4, -0.2) is 19.8 Å². The lowest BCUT2D eigenvalue weighted by atomic mass is 10.2. The highest BCUT2D eigenvalue weighted by Crippen LogP contribution is 2.19. The Balaban J connectivity index is 2.30. The molecule has 19 heavy (non-hydrogen) atoms. The average Bonchev–Trinajstić information content (AvgIpc) is 2.71. The van der Waals surface area contributed by atoms with Crippen molar-refractivity contribution in [3.63, 3.8) is 0 Å². The molecule has 0 spiro atoms. The van der Waals surface area contributed by atoms with Gasteiger partial charge in [0.2, 0.25) is 0 Å². The van der Waals surface area contributed by atoms with Crippen LogP contribution in [0.5, 0.6) is 0 Å². The summed E-state index contributed by atoms with van der Waals surface area (Å²) in [5.41, 5.74) is 0.478. The van der Waals surface area contributed by atoms with Crippen molar-refractivity contribution in [1.82, 2.24) is 9.78 Å². The van der Waals surface area contributed by atoms with E-state index in [4.69, 9.17) is 5.11 Å². The van der Waals surface area contributed by atoms with Gasteiger partial charge < -0.3 is 5.11 Å². The molecule has 0 atom stereocenters. The molecule has 0 aliphatic carbocycles. The Morgan fingerprint density at radius 1 is 1.47 bits per heavy atom. The van der Waals surface area contributed by atoms with Gasteiger partial charge in [-0.15, -0.1) is 0 Å². The monoisotopic (exact) mass is 329 g/mol. The maximum atomic E-state index is 13.7. The second kappa shape index (κ2) is 5.45. The Kier molecular flexibility index (Phi) is 3.91. The first-order valence-corrected chi connectivity index (χ1v) is 6.06. The van der Waals surface area contributed by atoms with Crippen LogP contribution in [0.2, 0.25) is 0 Å². The lowest BCUT2D eigenvalue weighted by Crippen LogP contribution is -2.08. The molecule has 8 heteroatoms. The first kappa shape index (κ1) is 13.6. The van der Waals surface area contributed by atoms with E-state index in [9.17, 15) is 14.5 Å². The minimum Gasteiger partial charge on any atom is -0.390 e. The topological polar surface area (TPSA) is 81.2 Å². The lowest BCUT2D eigenvalue weighted by Gasteiger charge is -2.06. The second-order valence-corrected chi connectivity index (χ2v) is 4.62. The molecule has 1 heterocycles. The summed E-state index contributed by atoms with van der Waals surface area (Å²) in [7, 11) is 0. The Bertz CT molecular complexity index is 630. The third-order valence-electron chi connectivity index (χ3n) is 2.56. The highest BCUT2D eigenvalue weighted by Gasteiger charge is 2.13. The van der Waals surface area contributed by atoms with Gasteiger partial charge in [-0.25, -0.2) is 4.39 Å². The highest BCUT2D eigenvalue weighted by molar-refractivity contribution is 9.10. The van der Waals surface area contributed by atoms with Gasteiger partial charge >= 0.3 is 0 Å². The fourth-order valence-corrected chi connectivity index (χ4v) is 2.08. The molecule has 1 N–H and O–H groups in total. The maximum Gasteiger partial charge on any atom is 0.272 e. The van der Waals surface area contributed by atoms with E-state index in [0.717, 1.165) is 6.07 Å². The minimum atomic E-state index is -0.676. The van der Waals surface area contributed by atoms with Crippen molar-refractivity contribution in [3.8, 4) is 0 Å². The van der Waals surface area contributed by atoms with Crippen LogP contribution in [0.1, 0.15) is 11.3 Å². The number of halogens is 2. The average molecular weight is 330 g/mol. The molecule has 6 nitrogen and oxygen atoms in total. The zero-order valence-electron chi connectivity index (χ0n) is 9.58. The molecular weight excluding hydrogens is 321 g/mol. The zero-order valence-corrected chi connectivity index (χ0v) is 11.2. The van der Waals surface area contributed by atoms with Gasteiger partial charge in [-0.1, -0.05) is 0 Å². The molecule has 2 aromatic rings. The van der Waals surface area contributed by atoms with E-state index < -0.39 is 10.7 Å². The molecule has 0 saturated heterocycles. The molecule has 0 radical (unpaired) electrons. The number of aliphatic hydroxyl groups excluding tert-OH is 1. The van der Waals surface area contributed by atoms with E-state index in [1.165, 1.54) is 16.8 Å². The summed E-state index contributed by atoms with van der Waals surface area (Å²) in [6, 6.07) is 5.05. The number of benzene rings is 1. The number of aliphatic hydroxyl groups is 1. The number of nitrogens with zero attached hydrogens (tertiary/aromatic N) is 3. The van der Waals surface area contributed by atoms with Crippen LogP contribution >= 0.6 is 15.9 Å². The Hall–Kier alpha value is -1.80. The van der Waals surface area contributed by atoms with Crippen LogP contribution in [0.4, 0.5) is 10.1 Å². The smallest absolute Gasteiger partial charge is 0.272 e. The molecule has 0 saturated carbocycles. The van der Waals surface area contributed by atoms with Crippen LogP contribution in [0.25, 0.3) is 0 Å². The number of non-ortho nitro benzene ring substituents is 1. The van der Waals surface area contributed by atoms with E-state index in [0.29, 0.717) is 10.3 Å². The Morgan fingerprint density at radius 3 is 2.79 bits per heavy atom. The van der Waals surface area contributed by atoms with Gasteiger partial charge in [-0.05, 0) is 28.1 Å². The van der Waals surface area contributed by atoms with E-state index in [1.54, 1.807) is 6.07 Å². The molecule has 0 bridgehead atoms. The highest BCUT2D eigenvalue weighted by atomic mass is 79.9. The fourth-order valence-electron chi connectivity index (χ4n) is 1.62. The lowest BCUT2D eigenvalue weighted by molar-refractivity contribution is -0.385. The SMILES string of the molecule is O=[N+]([O-])c1ccc(Cn2nc(Br)cc2CO)c(F)c1. The molecule has 0 aliphatic rings. The third kappa shape index (κ3) is 2.96. The van der Waals surface area contributed by atoms with Crippen LogP contribution in [-0.2, 0) is 13.2 Å². The summed E-state index contributed by atoms with van der Waals surface area (Å²) in [5, 5.41) is 23.7. The summed E-state index contributed by atoms with van der Waals surface area (Å²) in [6.45, 7) is -0.140. The molecule has 0 amide bonds. The fraction of sp³-hybridized carbons (Fsp3) is 0.182. The van der Waals surface area contributed by atoms with Crippen molar-refractivity contribution < 1.29 is 14.4 Å². The number of rotatable bonds is 4. The largest absolute Gasteiger partial charge is 0.390 e. The van der Waals surface area contributed by atoms with Crippen LogP contribution < -0.4 is 0 Å². The van der Waals surface area contributed by atoms with Crippen molar-refractivity contribution in [2.75, 3.05) is 0 Å². The second-order valence-electron chi connectivity index (χ2n) is 3.81. The van der Waals surface area contributed by atoms with Gasteiger partial charge in [0, 0.05) is 11.6 Å². The van der Waals surface area contributed by atoms with Crippen molar-refractivity contribution >= 4 is 21.6 Å². The molecule has 0 aliphatic heterocycles. The van der Waals surface area contributed by atoms with Crippen LogP contribution in [0.15, 0.2) is 28.9 Å². The normalized spacial score (nSPS) is 10.7. The molecule has 0 unspecified atom stereocenters. The predicted molar refractivity (Wildman–Crippen MR) is 68.0 cm³/mol. The Labute approximate surface area is 115 Å². The van der Waals surface area contributed by atoms with E-state index in [1.807, 2.05) is 0 Å². The van der Waals surface area contributed by atoms with Crippen LogP contribution in [0.3, 0.4) is 0 Å². The van der Waals surface area contributed by atoms with E-state index in [-0.39, 0.29) is 24.4 Å². The van der Waals surface area contributed by atoms with Crippen LogP contribution in [0, 0.1) is 15.9 Å². The van der Waals surface area contributed by atoms with E-state index >= 15 is 0 Å². The first-order valence-electron chi connectivity index (χ1n) is 5.27. The standard InChI is InChI=1S/C11H9BrFN3O3/c12-11-4-9(6-17)15(14-11)5-7-1-2-8(16(18)19)3-10(7)13/h1-4,17H,5-6H2. The van der Waals surface area contributed by atoms with Crippen molar-refractivity contribution in [1.29, 1.82) is 0 Å². The van der Waals surface area contributed by atoms with Gasteiger partial charge in [0.15, 0.2) is 0 Å². The van der Waals surface area contributed by atoms with Crippen molar-refractivity contribution in [3.05, 3.63) is 56.1 Å². The molecule has 2 rings (SSSR count). The zero-order chi connectivity index (χ0) is 14.0. The van der Waals surface area contributed by atoms with Gasteiger partial charge in [0.1, 0.15) is 10.4 Å². The van der Waals surface area contributed by atoms with Crippen molar-refractivity contribution in [2.45, 2.75) is 13.2 Å². The summed E-state index contributed by atoms with van der Waals surface area (Å²) < 4.78 is 15.7. The number of nitro benzene ring substituents is 1. The number of hydrogen-bond donors (Lipinski definition) is 1. The molecule has 1 aromatic carbocycles. The van der Waals surface area contributed by atoms with Gasteiger partial charge in [0.25, 0.3) is 5.69 Å². The van der Waals surface area contributed by atoms with Gasteiger partial charge in [-0.3, -0.25) is 14.8 Å². The summed E-state index contributed by atoms with van der Waals surface area (Å²) in [4.78, 5) is 9.85. The van der Waals surface area contributed by atoms with Crippen molar-refractivity contribution in [2.24, 2.45) is 0 Å². The third-order valence-corrected chi connectivity index (χ3v) is 2.95. The Morgan fingerprint density at radius 2 is 2.21 bits per heavy atom. The number of nitro groups is 1. The van der Waals surface area contributed by atoms with E-state index in [2.05, 4.69) is 21.0 Å². The quantitative estimate of drug-likeness (QED) is 0.688. The summed E-state index contributed by atoms with van der Waals surface area (Å²) >= 11 is 3.16.